The highest BCUT2D eigenvalue weighted by molar-refractivity contribution is 7.87. The third kappa shape index (κ3) is 5.85. The summed E-state index contributed by atoms with van der Waals surface area (Å²) in [5.41, 5.74) is 0. The number of rotatable bonds is 7. The number of carbonyl (C=O) groups is 1. The Bertz CT molecular complexity index is 399. The van der Waals surface area contributed by atoms with Crippen LogP contribution >= 0.6 is 0 Å². The minimum absolute atomic E-state index is 0.0186. The number of hydrogen-bond donors (Lipinski definition) is 2. The van der Waals surface area contributed by atoms with E-state index in [1.165, 1.54) is 7.05 Å². The van der Waals surface area contributed by atoms with Crippen LogP contribution in [0, 0.1) is 5.92 Å². The van der Waals surface area contributed by atoms with Crippen molar-refractivity contribution in [1.29, 1.82) is 0 Å². The molecule has 0 amide bonds. The first-order valence-electron chi connectivity index (χ1n) is 6.42. The van der Waals surface area contributed by atoms with Gasteiger partial charge in [0, 0.05) is 26.7 Å². The summed E-state index contributed by atoms with van der Waals surface area (Å²) in [5.74, 6) is -0.683. The summed E-state index contributed by atoms with van der Waals surface area (Å²) >= 11 is 0. The van der Waals surface area contributed by atoms with Gasteiger partial charge in [0.1, 0.15) is 0 Å². The van der Waals surface area contributed by atoms with Crippen molar-refractivity contribution >= 4 is 16.2 Å². The van der Waals surface area contributed by atoms with Crippen LogP contribution < -0.4 is 4.72 Å². The van der Waals surface area contributed by atoms with Crippen LogP contribution in [0.15, 0.2) is 0 Å². The lowest BCUT2D eigenvalue weighted by molar-refractivity contribution is -0.137. The summed E-state index contributed by atoms with van der Waals surface area (Å²) in [5, 5.41) is 8.54. The molecule has 1 heterocycles. The van der Waals surface area contributed by atoms with E-state index in [1.807, 2.05) is 7.05 Å². The number of carboxylic acids is 1. The third-order valence-electron chi connectivity index (χ3n) is 3.33. The van der Waals surface area contributed by atoms with Crippen molar-refractivity contribution in [3.8, 4) is 0 Å². The molecular weight excluding hydrogens is 270 g/mol. The zero-order valence-corrected chi connectivity index (χ0v) is 12.3. The van der Waals surface area contributed by atoms with Crippen LogP contribution in [0.3, 0.4) is 0 Å². The molecule has 7 nitrogen and oxygen atoms in total. The molecule has 0 aromatic heterocycles. The molecule has 1 rings (SSSR count). The van der Waals surface area contributed by atoms with Gasteiger partial charge in [0.25, 0.3) is 10.2 Å². The highest BCUT2D eigenvalue weighted by Crippen LogP contribution is 2.14. The number of nitrogens with zero attached hydrogens (tertiary/aromatic N) is 2. The van der Waals surface area contributed by atoms with Crippen molar-refractivity contribution in [3.05, 3.63) is 0 Å². The van der Waals surface area contributed by atoms with E-state index in [2.05, 4.69) is 9.62 Å². The van der Waals surface area contributed by atoms with E-state index in [0.29, 0.717) is 12.5 Å². The molecule has 0 spiro atoms. The molecule has 1 fully saturated rings. The first-order valence-corrected chi connectivity index (χ1v) is 7.86. The molecule has 19 heavy (non-hydrogen) atoms. The molecule has 0 aromatic rings. The molecule has 8 heteroatoms. The summed E-state index contributed by atoms with van der Waals surface area (Å²) < 4.78 is 27.4. The van der Waals surface area contributed by atoms with Crippen molar-refractivity contribution in [2.24, 2.45) is 5.92 Å². The van der Waals surface area contributed by atoms with Gasteiger partial charge in [-0.2, -0.15) is 12.7 Å². The molecule has 2 N–H and O–H groups in total. The molecule has 1 saturated heterocycles. The van der Waals surface area contributed by atoms with E-state index in [9.17, 15) is 13.2 Å². The molecule has 0 aromatic carbocycles. The van der Waals surface area contributed by atoms with E-state index in [4.69, 9.17) is 5.11 Å². The summed E-state index contributed by atoms with van der Waals surface area (Å²) in [4.78, 5) is 12.6. The molecular formula is C11H23N3O4S. The maximum absolute atomic E-state index is 11.9. The molecule has 1 aliphatic rings. The standard InChI is InChI=1S/C11H23N3O4S/c1-13-6-3-4-10(9-13)8-12-19(17,18)14(2)7-5-11(15)16/h10,12H,3-9H2,1-2H3,(H,15,16). The van der Waals surface area contributed by atoms with Gasteiger partial charge in [-0.1, -0.05) is 0 Å². The minimum atomic E-state index is -3.57. The zero-order valence-electron chi connectivity index (χ0n) is 11.5. The van der Waals surface area contributed by atoms with E-state index in [0.717, 1.165) is 30.2 Å². The molecule has 0 aliphatic carbocycles. The first kappa shape index (κ1) is 16.4. The highest BCUT2D eigenvalue weighted by atomic mass is 32.2. The van der Waals surface area contributed by atoms with Crippen LogP contribution in [-0.2, 0) is 15.0 Å². The second-order valence-corrected chi connectivity index (χ2v) is 6.95. The molecule has 112 valence electrons. The Morgan fingerprint density at radius 2 is 2.21 bits per heavy atom. The van der Waals surface area contributed by atoms with Crippen LogP contribution in [0.1, 0.15) is 19.3 Å². The summed E-state index contributed by atoms with van der Waals surface area (Å²) in [6.45, 7) is 2.34. The zero-order chi connectivity index (χ0) is 14.5. The van der Waals surface area contributed by atoms with Crippen molar-refractivity contribution in [1.82, 2.24) is 13.9 Å². The predicted molar refractivity (Wildman–Crippen MR) is 72.0 cm³/mol. The number of aliphatic carboxylic acids is 1. The van der Waals surface area contributed by atoms with Crippen molar-refractivity contribution < 1.29 is 18.3 Å². The maximum atomic E-state index is 11.9. The van der Waals surface area contributed by atoms with Crippen LogP contribution in [-0.4, -0.2) is 69.0 Å². The number of piperidine rings is 1. The van der Waals surface area contributed by atoms with Gasteiger partial charge in [-0.15, -0.1) is 0 Å². The monoisotopic (exact) mass is 293 g/mol. The number of hydrogen-bond acceptors (Lipinski definition) is 4. The fraction of sp³-hybridized carbons (Fsp3) is 0.909. The van der Waals surface area contributed by atoms with E-state index < -0.39 is 16.2 Å². The molecule has 1 aliphatic heterocycles. The molecule has 1 atom stereocenters. The quantitative estimate of drug-likeness (QED) is 0.665. The van der Waals surface area contributed by atoms with Crippen LogP contribution in [0.4, 0.5) is 0 Å². The SMILES string of the molecule is CN1CCCC(CNS(=O)(=O)N(C)CCC(=O)O)C1. The minimum Gasteiger partial charge on any atom is -0.481 e. The van der Waals surface area contributed by atoms with Gasteiger partial charge in [0.2, 0.25) is 0 Å². The fourth-order valence-corrected chi connectivity index (χ4v) is 3.14. The lowest BCUT2D eigenvalue weighted by Gasteiger charge is -2.30. The molecule has 1 unspecified atom stereocenters. The number of carboxylic acid groups (broad SMARTS) is 1. The van der Waals surface area contributed by atoms with Crippen molar-refractivity contribution in [2.75, 3.05) is 40.3 Å². The second-order valence-electron chi connectivity index (χ2n) is 5.09. The smallest absolute Gasteiger partial charge is 0.304 e. The Kier molecular flexibility index (Phi) is 6.18. The lowest BCUT2D eigenvalue weighted by atomic mass is 9.99. The Morgan fingerprint density at radius 1 is 1.53 bits per heavy atom. The highest BCUT2D eigenvalue weighted by Gasteiger charge is 2.22. The largest absolute Gasteiger partial charge is 0.481 e. The Balaban J connectivity index is 2.39. The summed E-state index contributed by atoms with van der Waals surface area (Å²) in [7, 11) is -0.157. The molecule has 0 radical (unpaired) electrons. The fourth-order valence-electron chi connectivity index (χ4n) is 2.15. The van der Waals surface area contributed by atoms with Gasteiger partial charge in [0.05, 0.1) is 6.42 Å². The van der Waals surface area contributed by atoms with Crippen LogP contribution in [0.25, 0.3) is 0 Å². The van der Waals surface area contributed by atoms with E-state index in [1.54, 1.807) is 0 Å². The third-order valence-corrected chi connectivity index (χ3v) is 4.86. The predicted octanol–water partition coefficient (Wildman–Crippen LogP) is -0.431. The van der Waals surface area contributed by atoms with Gasteiger partial charge in [0.15, 0.2) is 0 Å². The first-order chi connectivity index (χ1) is 8.81. The van der Waals surface area contributed by atoms with Crippen molar-refractivity contribution in [3.63, 3.8) is 0 Å². The Morgan fingerprint density at radius 3 is 2.79 bits per heavy atom. The maximum Gasteiger partial charge on any atom is 0.304 e. The van der Waals surface area contributed by atoms with Gasteiger partial charge in [-0.25, -0.2) is 4.72 Å². The van der Waals surface area contributed by atoms with Crippen LogP contribution in [0.5, 0.6) is 0 Å². The average molecular weight is 293 g/mol. The van der Waals surface area contributed by atoms with Crippen molar-refractivity contribution in [2.45, 2.75) is 19.3 Å². The lowest BCUT2D eigenvalue weighted by Crippen LogP contribution is -2.44. The molecule has 0 saturated carbocycles. The van der Waals surface area contributed by atoms with Gasteiger partial charge in [-0.3, -0.25) is 4.79 Å². The van der Waals surface area contributed by atoms with Gasteiger partial charge in [-0.05, 0) is 32.4 Å². The normalized spacial score (nSPS) is 21.7. The van der Waals surface area contributed by atoms with E-state index in [-0.39, 0.29) is 13.0 Å². The number of likely N-dealkylation sites (tertiary alicyclic amines) is 1. The van der Waals surface area contributed by atoms with Gasteiger partial charge >= 0.3 is 5.97 Å². The summed E-state index contributed by atoms with van der Waals surface area (Å²) in [6, 6.07) is 0. The van der Waals surface area contributed by atoms with E-state index >= 15 is 0 Å². The summed E-state index contributed by atoms with van der Waals surface area (Å²) in [6.07, 6.45) is 1.91. The van der Waals surface area contributed by atoms with Gasteiger partial charge < -0.3 is 10.0 Å². The second kappa shape index (κ2) is 7.18. The average Bonchev–Trinajstić information content (AvgIpc) is 2.33. The topological polar surface area (TPSA) is 90.0 Å². The molecule has 0 bridgehead atoms. The van der Waals surface area contributed by atoms with Crippen LogP contribution in [0.2, 0.25) is 0 Å². The number of nitrogens with one attached hydrogen (secondary N) is 1. The Labute approximate surface area is 114 Å². The Hall–Kier alpha value is -0.700.